The largest absolute Gasteiger partial charge is 0.464 e. The molecular weight excluding hydrogens is 385 g/mol. The number of hydrogen-bond donors (Lipinski definition) is 1. The van der Waals surface area contributed by atoms with Gasteiger partial charge in [0.25, 0.3) is 0 Å². The maximum absolute atomic E-state index is 13.9. The number of hydrogen-bond acceptors (Lipinski definition) is 4. The molecule has 2 fully saturated rings. The van der Waals surface area contributed by atoms with E-state index >= 15 is 0 Å². The lowest BCUT2D eigenvalue weighted by atomic mass is 9.84. The highest BCUT2D eigenvalue weighted by molar-refractivity contribution is 5.78. The molecule has 8 heteroatoms. The van der Waals surface area contributed by atoms with Gasteiger partial charge >= 0.3 is 5.97 Å². The zero-order valence-electron chi connectivity index (χ0n) is 16.5. The summed E-state index contributed by atoms with van der Waals surface area (Å²) < 4.78 is 45.5. The molecule has 0 bridgehead atoms. The molecule has 0 spiro atoms. The predicted octanol–water partition coefficient (Wildman–Crippen LogP) is 3.09. The van der Waals surface area contributed by atoms with Gasteiger partial charge in [0.1, 0.15) is 12.4 Å². The number of nitrogens with zero attached hydrogens (tertiary/aromatic N) is 1. The Kier molecular flexibility index (Phi) is 6.82. The molecule has 2 N–H and O–H groups in total. The van der Waals surface area contributed by atoms with Gasteiger partial charge < -0.3 is 15.4 Å². The van der Waals surface area contributed by atoms with Crippen LogP contribution in [-0.4, -0.2) is 41.5 Å². The molecule has 1 saturated heterocycles. The molecule has 0 aromatic heterocycles. The van der Waals surface area contributed by atoms with Gasteiger partial charge in [-0.25, -0.2) is 13.2 Å². The summed E-state index contributed by atoms with van der Waals surface area (Å²) in [6.45, 7) is 1.49. The minimum atomic E-state index is -1.26. The van der Waals surface area contributed by atoms with Crippen molar-refractivity contribution < 1.29 is 27.5 Å². The SMILES string of the molecule is CC(=O)OC[C@@H]1C[C@@H]2CCCC[C@@H]2N1C(=O)C[C@H](N)Cc1cc(F)c(F)cc1F. The highest BCUT2D eigenvalue weighted by atomic mass is 19.2. The number of fused-ring (bicyclic) bond motifs is 1. The summed E-state index contributed by atoms with van der Waals surface area (Å²) in [5, 5.41) is 0. The van der Waals surface area contributed by atoms with Crippen LogP contribution in [0.1, 0.15) is 51.0 Å². The second kappa shape index (κ2) is 9.15. The van der Waals surface area contributed by atoms with Crippen molar-refractivity contribution in [1.29, 1.82) is 0 Å². The molecule has 1 heterocycles. The van der Waals surface area contributed by atoms with Crippen LogP contribution in [0.15, 0.2) is 12.1 Å². The summed E-state index contributed by atoms with van der Waals surface area (Å²) in [4.78, 5) is 26.1. The Morgan fingerprint density at radius 1 is 1.17 bits per heavy atom. The first-order valence-corrected chi connectivity index (χ1v) is 10.1. The monoisotopic (exact) mass is 412 g/mol. The van der Waals surface area contributed by atoms with Crippen molar-refractivity contribution in [1.82, 2.24) is 4.90 Å². The normalized spacial score (nSPS) is 24.9. The smallest absolute Gasteiger partial charge is 0.302 e. The molecule has 1 amide bonds. The van der Waals surface area contributed by atoms with Crippen LogP contribution >= 0.6 is 0 Å². The zero-order valence-corrected chi connectivity index (χ0v) is 16.5. The summed E-state index contributed by atoms with van der Waals surface area (Å²) in [7, 11) is 0. The maximum atomic E-state index is 13.9. The molecular formula is C21H27F3N2O3. The average Bonchev–Trinajstić information content (AvgIpc) is 3.03. The molecule has 160 valence electrons. The second-order valence-electron chi connectivity index (χ2n) is 8.13. The van der Waals surface area contributed by atoms with E-state index in [1.807, 2.05) is 0 Å². The number of amides is 1. The lowest BCUT2D eigenvalue weighted by Crippen LogP contribution is -2.47. The number of esters is 1. The van der Waals surface area contributed by atoms with E-state index in [4.69, 9.17) is 10.5 Å². The van der Waals surface area contributed by atoms with Crippen LogP contribution in [0, 0.1) is 23.4 Å². The van der Waals surface area contributed by atoms with Crippen LogP contribution in [0.5, 0.6) is 0 Å². The molecule has 1 aromatic carbocycles. The highest BCUT2D eigenvalue weighted by Crippen LogP contribution is 2.40. The summed E-state index contributed by atoms with van der Waals surface area (Å²) in [6, 6.07) is 0.446. The number of benzene rings is 1. The Balaban J connectivity index is 1.67. The zero-order chi connectivity index (χ0) is 21.1. The van der Waals surface area contributed by atoms with E-state index in [1.165, 1.54) is 6.92 Å². The summed E-state index contributed by atoms with van der Waals surface area (Å²) in [6.07, 6.45) is 4.77. The first kappa shape index (κ1) is 21.6. The van der Waals surface area contributed by atoms with E-state index in [-0.39, 0.29) is 43.0 Å². The minimum Gasteiger partial charge on any atom is -0.464 e. The van der Waals surface area contributed by atoms with Gasteiger partial charge in [-0.15, -0.1) is 0 Å². The molecule has 5 nitrogen and oxygen atoms in total. The Labute approximate surface area is 168 Å². The van der Waals surface area contributed by atoms with E-state index in [0.717, 1.165) is 38.2 Å². The third-order valence-electron chi connectivity index (χ3n) is 5.97. The molecule has 3 rings (SSSR count). The van der Waals surface area contributed by atoms with E-state index < -0.39 is 29.5 Å². The quantitative estimate of drug-likeness (QED) is 0.576. The molecule has 29 heavy (non-hydrogen) atoms. The molecule has 1 aliphatic carbocycles. The fraction of sp³-hybridized carbons (Fsp3) is 0.619. The first-order chi connectivity index (χ1) is 13.8. The van der Waals surface area contributed by atoms with Crippen LogP contribution in [0.2, 0.25) is 0 Å². The number of rotatable bonds is 6. The van der Waals surface area contributed by atoms with E-state index in [1.54, 1.807) is 4.90 Å². The van der Waals surface area contributed by atoms with Crippen LogP contribution in [-0.2, 0) is 20.7 Å². The number of likely N-dealkylation sites (tertiary alicyclic amines) is 1. The van der Waals surface area contributed by atoms with Crippen LogP contribution in [0.3, 0.4) is 0 Å². The van der Waals surface area contributed by atoms with Gasteiger partial charge in [-0.1, -0.05) is 12.8 Å². The molecule has 0 unspecified atom stereocenters. The number of carbonyl (C=O) groups is 2. The molecule has 1 aromatic rings. The summed E-state index contributed by atoms with van der Waals surface area (Å²) in [5.41, 5.74) is 5.99. The van der Waals surface area contributed by atoms with Crippen molar-refractivity contribution in [3.8, 4) is 0 Å². The highest BCUT2D eigenvalue weighted by Gasteiger charge is 2.44. The Morgan fingerprint density at radius 2 is 1.86 bits per heavy atom. The van der Waals surface area contributed by atoms with Crippen LogP contribution in [0.4, 0.5) is 13.2 Å². The first-order valence-electron chi connectivity index (χ1n) is 10.1. The summed E-state index contributed by atoms with van der Waals surface area (Å²) in [5.74, 6) is -3.47. The van der Waals surface area contributed by atoms with Crippen molar-refractivity contribution in [2.24, 2.45) is 11.7 Å². The van der Waals surface area contributed by atoms with Crippen LogP contribution in [0.25, 0.3) is 0 Å². The number of ether oxygens (including phenoxy) is 1. The molecule has 0 radical (unpaired) electrons. The van der Waals surface area contributed by atoms with Crippen molar-refractivity contribution in [3.05, 3.63) is 35.1 Å². The topological polar surface area (TPSA) is 72.6 Å². The van der Waals surface area contributed by atoms with E-state index in [0.29, 0.717) is 12.0 Å². The van der Waals surface area contributed by atoms with Gasteiger partial charge in [0.15, 0.2) is 11.6 Å². The molecule has 4 atom stereocenters. The maximum Gasteiger partial charge on any atom is 0.302 e. The van der Waals surface area contributed by atoms with E-state index in [2.05, 4.69) is 0 Å². The van der Waals surface area contributed by atoms with Gasteiger partial charge in [-0.05, 0) is 43.2 Å². The van der Waals surface area contributed by atoms with Gasteiger partial charge in [-0.2, -0.15) is 0 Å². The van der Waals surface area contributed by atoms with Crippen molar-refractivity contribution in [3.63, 3.8) is 0 Å². The van der Waals surface area contributed by atoms with Crippen molar-refractivity contribution in [2.75, 3.05) is 6.61 Å². The average molecular weight is 412 g/mol. The van der Waals surface area contributed by atoms with Gasteiger partial charge in [0.05, 0.1) is 6.04 Å². The van der Waals surface area contributed by atoms with Crippen LogP contribution < -0.4 is 5.73 Å². The number of nitrogens with two attached hydrogens (primary N) is 1. The van der Waals surface area contributed by atoms with Gasteiger partial charge in [0.2, 0.25) is 5.91 Å². The molecule has 2 aliphatic rings. The predicted molar refractivity (Wildman–Crippen MR) is 100 cm³/mol. The Bertz CT molecular complexity index is 774. The summed E-state index contributed by atoms with van der Waals surface area (Å²) >= 11 is 0. The Morgan fingerprint density at radius 3 is 2.59 bits per heavy atom. The fourth-order valence-corrected chi connectivity index (χ4v) is 4.72. The molecule has 1 aliphatic heterocycles. The van der Waals surface area contributed by atoms with E-state index in [9.17, 15) is 22.8 Å². The van der Waals surface area contributed by atoms with Crippen molar-refractivity contribution in [2.45, 2.75) is 70.0 Å². The van der Waals surface area contributed by atoms with Gasteiger partial charge in [0, 0.05) is 31.5 Å². The Hall–Kier alpha value is -2.09. The number of carbonyl (C=O) groups excluding carboxylic acids is 2. The van der Waals surface area contributed by atoms with Crippen molar-refractivity contribution >= 4 is 11.9 Å². The third-order valence-corrected chi connectivity index (χ3v) is 5.97. The number of halogens is 3. The standard InChI is InChI=1S/C21H27F3N2O3/c1-12(27)29-11-16-7-13-4-2-3-5-20(13)26(16)21(28)9-15(25)6-14-8-18(23)19(24)10-17(14)22/h8,10,13,15-16,20H,2-7,9,11,25H2,1H3/t13-,15+,16-,20-/m0/s1. The second-order valence-corrected chi connectivity index (χ2v) is 8.13. The molecule has 1 saturated carbocycles. The fourth-order valence-electron chi connectivity index (χ4n) is 4.72. The lowest BCUT2D eigenvalue weighted by Gasteiger charge is -2.34. The lowest BCUT2D eigenvalue weighted by molar-refractivity contribution is -0.146. The minimum absolute atomic E-state index is 0.0434. The van der Waals surface area contributed by atoms with Gasteiger partial charge in [-0.3, -0.25) is 9.59 Å². The third kappa shape index (κ3) is 5.10.